The Hall–Kier alpha value is -1.62. The van der Waals surface area contributed by atoms with E-state index in [1.54, 1.807) is 13.2 Å². The van der Waals surface area contributed by atoms with Gasteiger partial charge in [-0.1, -0.05) is 0 Å². The van der Waals surface area contributed by atoms with Crippen LogP contribution in [0.2, 0.25) is 0 Å². The second-order valence-corrected chi connectivity index (χ2v) is 4.70. The summed E-state index contributed by atoms with van der Waals surface area (Å²) in [7, 11) is 1.61. The predicted molar refractivity (Wildman–Crippen MR) is 67.7 cm³/mol. The van der Waals surface area contributed by atoms with E-state index in [0.717, 1.165) is 19.3 Å². The van der Waals surface area contributed by atoms with Crippen molar-refractivity contribution < 1.29 is 13.9 Å². The molecule has 0 radical (unpaired) electrons. The lowest BCUT2D eigenvalue weighted by Crippen LogP contribution is -2.42. The number of hydrogen-bond acceptors (Lipinski definition) is 3. The summed E-state index contributed by atoms with van der Waals surface area (Å²) in [5.41, 5.74) is 5.57. The van der Waals surface area contributed by atoms with Crippen molar-refractivity contribution in [3.05, 3.63) is 24.0 Å². The van der Waals surface area contributed by atoms with Crippen molar-refractivity contribution in [3.63, 3.8) is 0 Å². The Kier molecular flexibility index (Phi) is 3.52. The molecular weight excluding hydrogens is 235 g/mol. The number of nitrogen functional groups attached to an aromatic ring is 1. The summed E-state index contributed by atoms with van der Waals surface area (Å²) < 4.78 is 18.9. The second-order valence-electron chi connectivity index (χ2n) is 4.70. The number of halogens is 1. The van der Waals surface area contributed by atoms with Crippen LogP contribution in [0.5, 0.6) is 0 Å². The fraction of sp³-hybridized carbons (Fsp3) is 0.462. The number of anilines is 2. The Morgan fingerprint density at radius 1 is 1.56 bits per heavy atom. The van der Waals surface area contributed by atoms with Gasteiger partial charge in [-0.2, -0.15) is 0 Å². The van der Waals surface area contributed by atoms with Crippen LogP contribution in [-0.2, 0) is 9.53 Å². The molecule has 0 bridgehead atoms. The lowest BCUT2D eigenvalue weighted by atomic mass is 9.77. The molecule has 0 aromatic heterocycles. The molecule has 0 aliphatic heterocycles. The number of rotatable bonds is 4. The molecule has 0 unspecified atom stereocenters. The molecule has 0 saturated heterocycles. The van der Waals surface area contributed by atoms with Crippen LogP contribution in [0.3, 0.4) is 0 Å². The molecule has 2 rings (SSSR count). The number of amides is 1. The summed E-state index contributed by atoms with van der Waals surface area (Å²) in [5, 5.41) is 2.55. The molecule has 1 saturated carbocycles. The fourth-order valence-corrected chi connectivity index (χ4v) is 2.14. The van der Waals surface area contributed by atoms with E-state index in [2.05, 4.69) is 5.32 Å². The topological polar surface area (TPSA) is 64.3 Å². The van der Waals surface area contributed by atoms with Gasteiger partial charge in [-0.25, -0.2) is 4.39 Å². The Morgan fingerprint density at radius 3 is 2.78 bits per heavy atom. The zero-order valence-corrected chi connectivity index (χ0v) is 10.3. The monoisotopic (exact) mass is 252 g/mol. The Balaban J connectivity index is 1.98. The summed E-state index contributed by atoms with van der Waals surface area (Å²) in [6, 6.07) is 4.20. The van der Waals surface area contributed by atoms with E-state index in [4.69, 9.17) is 10.5 Å². The van der Waals surface area contributed by atoms with Gasteiger partial charge >= 0.3 is 0 Å². The van der Waals surface area contributed by atoms with E-state index in [0.29, 0.717) is 5.69 Å². The first-order valence-corrected chi connectivity index (χ1v) is 5.95. The molecule has 1 aliphatic carbocycles. The minimum Gasteiger partial charge on any atom is -0.399 e. The molecule has 1 aromatic rings. The van der Waals surface area contributed by atoms with Crippen molar-refractivity contribution >= 4 is 17.3 Å². The maximum absolute atomic E-state index is 13.5. The van der Waals surface area contributed by atoms with Crippen molar-refractivity contribution in [2.24, 2.45) is 0 Å². The van der Waals surface area contributed by atoms with E-state index >= 15 is 0 Å². The van der Waals surface area contributed by atoms with Gasteiger partial charge in [0.1, 0.15) is 5.82 Å². The number of nitrogens with two attached hydrogens (primary N) is 1. The van der Waals surface area contributed by atoms with Gasteiger partial charge in [0.2, 0.25) is 5.91 Å². The zero-order chi connectivity index (χ0) is 13.2. The number of hydrogen-bond donors (Lipinski definition) is 2. The summed E-state index contributed by atoms with van der Waals surface area (Å²) >= 11 is 0. The van der Waals surface area contributed by atoms with E-state index in [9.17, 15) is 9.18 Å². The highest BCUT2D eigenvalue weighted by Gasteiger charge is 2.39. The summed E-state index contributed by atoms with van der Waals surface area (Å²) in [6.07, 6.45) is 3.08. The van der Waals surface area contributed by atoms with Crippen LogP contribution < -0.4 is 11.1 Å². The third kappa shape index (κ3) is 2.61. The standard InChI is InChI=1S/C13H17FN2O2/c1-18-13(5-2-6-13)8-12(17)16-11-4-3-9(15)7-10(11)14/h3-4,7H,2,5-6,8,15H2,1H3,(H,16,17). The molecule has 1 aromatic carbocycles. The van der Waals surface area contributed by atoms with Gasteiger partial charge in [0.05, 0.1) is 17.7 Å². The smallest absolute Gasteiger partial charge is 0.227 e. The van der Waals surface area contributed by atoms with Crippen molar-refractivity contribution in [3.8, 4) is 0 Å². The van der Waals surface area contributed by atoms with Crippen LogP contribution in [0, 0.1) is 5.82 Å². The van der Waals surface area contributed by atoms with E-state index in [1.165, 1.54) is 12.1 Å². The van der Waals surface area contributed by atoms with Gasteiger partial charge in [0, 0.05) is 12.8 Å². The third-order valence-electron chi connectivity index (χ3n) is 3.45. The van der Waals surface area contributed by atoms with Crippen LogP contribution >= 0.6 is 0 Å². The third-order valence-corrected chi connectivity index (χ3v) is 3.45. The van der Waals surface area contributed by atoms with Crippen LogP contribution in [0.15, 0.2) is 18.2 Å². The maximum Gasteiger partial charge on any atom is 0.227 e. The fourth-order valence-electron chi connectivity index (χ4n) is 2.14. The molecule has 0 spiro atoms. The predicted octanol–water partition coefficient (Wildman–Crippen LogP) is 2.31. The number of nitrogens with one attached hydrogen (secondary N) is 1. The lowest BCUT2D eigenvalue weighted by molar-refractivity contribution is -0.129. The molecular formula is C13H17FN2O2. The SMILES string of the molecule is COC1(CC(=O)Nc2ccc(N)cc2F)CCC1. The van der Waals surface area contributed by atoms with Crippen molar-refractivity contribution in [2.75, 3.05) is 18.2 Å². The first-order valence-electron chi connectivity index (χ1n) is 5.95. The molecule has 18 heavy (non-hydrogen) atoms. The number of benzene rings is 1. The maximum atomic E-state index is 13.5. The number of carbonyl (C=O) groups excluding carboxylic acids is 1. The molecule has 1 aliphatic rings. The number of methoxy groups -OCH3 is 1. The largest absolute Gasteiger partial charge is 0.399 e. The normalized spacial score (nSPS) is 17.0. The van der Waals surface area contributed by atoms with Crippen LogP contribution in [0.25, 0.3) is 0 Å². The second kappa shape index (κ2) is 4.94. The number of carbonyl (C=O) groups is 1. The van der Waals surface area contributed by atoms with Gasteiger partial charge in [-0.3, -0.25) is 4.79 Å². The molecule has 98 valence electrons. The average molecular weight is 252 g/mol. The summed E-state index contributed by atoms with van der Waals surface area (Å²) in [6.45, 7) is 0. The Bertz CT molecular complexity index is 453. The minimum atomic E-state index is -0.525. The molecule has 5 heteroatoms. The molecule has 3 N–H and O–H groups in total. The van der Waals surface area contributed by atoms with Crippen molar-refractivity contribution in [1.82, 2.24) is 0 Å². The van der Waals surface area contributed by atoms with E-state index in [-0.39, 0.29) is 23.6 Å². The zero-order valence-electron chi connectivity index (χ0n) is 10.3. The average Bonchev–Trinajstić information content (AvgIpc) is 2.27. The van der Waals surface area contributed by atoms with Gasteiger partial charge in [0.15, 0.2) is 0 Å². The quantitative estimate of drug-likeness (QED) is 0.808. The highest BCUT2D eigenvalue weighted by atomic mass is 19.1. The lowest BCUT2D eigenvalue weighted by Gasteiger charge is -2.39. The van der Waals surface area contributed by atoms with Gasteiger partial charge in [-0.15, -0.1) is 0 Å². The molecule has 0 atom stereocenters. The highest BCUT2D eigenvalue weighted by Crippen LogP contribution is 2.38. The minimum absolute atomic E-state index is 0.153. The Morgan fingerprint density at radius 2 is 2.28 bits per heavy atom. The molecule has 1 fully saturated rings. The first-order chi connectivity index (χ1) is 8.54. The van der Waals surface area contributed by atoms with Crippen LogP contribution in [-0.4, -0.2) is 18.6 Å². The number of ether oxygens (including phenoxy) is 1. The van der Waals surface area contributed by atoms with Gasteiger partial charge in [0.25, 0.3) is 0 Å². The van der Waals surface area contributed by atoms with E-state index < -0.39 is 5.82 Å². The van der Waals surface area contributed by atoms with Gasteiger partial charge in [-0.05, 0) is 37.5 Å². The first kappa shape index (κ1) is 12.8. The molecule has 4 nitrogen and oxygen atoms in total. The van der Waals surface area contributed by atoms with Crippen LogP contribution in [0.4, 0.5) is 15.8 Å². The van der Waals surface area contributed by atoms with Crippen molar-refractivity contribution in [2.45, 2.75) is 31.3 Å². The molecule has 1 amide bonds. The summed E-state index contributed by atoms with van der Waals surface area (Å²) in [4.78, 5) is 11.8. The van der Waals surface area contributed by atoms with Gasteiger partial charge < -0.3 is 15.8 Å². The Labute approximate surface area is 105 Å². The summed E-state index contributed by atoms with van der Waals surface area (Å²) in [5.74, 6) is -0.761. The van der Waals surface area contributed by atoms with Crippen LogP contribution in [0.1, 0.15) is 25.7 Å². The highest BCUT2D eigenvalue weighted by molar-refractivity contribution is 5.91. The van der Waals surface area contributed by atoms with E-state index in [1.807, 2.05) is 0 Å². The molecule has 0 heterocycles. The van der Waals surface area contributed by atoms with Crippen molar-refractivity contribution in [1.29, 1.82) is 0 Å².